The number of hydrogen-bond donors (Lipinski definition) is 2. The van der Waals surface area contributed by atoms with Crippen LogP contribution in [0.3, 0.4) is 0 Å². The highest BCUT2D eigenvalue weighted by atomic mass is 127. The lowest BCUT2D eigenvalue weighted by Gasteiger charge is -1.97. The second-order valence-corrected chi connectivity index (χ2v) is 4.89. The molecule has 2 rings (SSSR count). The van der Waals surface area contributed by atoms with Crippen molar-refractivity contribution in [1.82, 2.24) is 9.97 Å². The Balaban J connectivity index is 2.15. The van der Waals surface area contributed by atoms with Crippen molar-refractivity contribution in [2.45, 2.75) is 12.8 Å². The van der Waals surface area contributed by atoms with Crippen LogP contribution in [0.2, 0.25) is 0 Å². The number of benzene rings is 1. The number of aromatic amines is 1. The van der Waals surface area contributed by atoms with Gasteiger partial charge in [0.15, 0.2) is 0 Å². The molecule has 1 aromatic carbocycles. The van der Waals surface area contributed by atoms with E-state index < -0.39 is 0 Å². The van der Waals surface area contributed by atoms with Gasteiger partial charge in [0.25, 0.3) is 0 Å². The largest absolute Gasteiger partial charge is 0.342 e. The van der Waals surface area contributed by atoms with Gasteiger partial charge in [-0.15, -0.1) is 0 Å². The summed E-state index contributed by atoms with van der Waals surface area (Å²) < 4.78 is 1.24. The minimum absolute atomic E-state index is 0.708. The Morgan fingerprint density at radius 1 is 1.25 bits per heavy atom. The van der Waals surface area contributed by atoms with Crippen LogP contribution in [0.5, 0.6) is 0 Å². The summed E-state index contributed by atoms with van der Waals surface area (Å²) in [6, 6.07) is 8.39. The van der Waals surface area contributed by atoms with E-state index >= 15 is 0 Å². The van der Waals surface area contributed by atoms with Crippen molar-refractivity contribution in [3.05, 3.63) is 39.9 Å². The number of H-pyrrole nitrogens is 1. The number of imidazole rings is 1. The molecule has 0 saturated heterocycles. The summed E-state index contributed by atoms with van der Waals surface area (Å²) in [6.45, 7) is 0.708. The fourth-order valence-corrected chi connectivity index (χ4v) is 1.89. The Morgan fingerprint density at radius 2 is 2.00 bits per heavy atom. The second-order valence-electron chi connectivity index (χ2n) is 3.64. The maximum Gasteiger partial charge on any atom is 0.106 e. The van der Waals surface area contributed by atoms with E-state index in [4.69, 9.17) is 5.73 Å². The zero-order chi connectivity index (χ0) is 11.4. The normalized spacial score (nSPS) is 10.6. The zero-order valence-corrected chi connectivity index (χ0v) is 11.1. The van der Waals surface area contributed by atoms with Gasteiger partial charge in [-0.05, 0) is 53.3 Å². The maximum absolute atomic E-state index is 5.47. The standard InChI is InChI=1S/C12H14IN3/c13-10-5-3-9(4-6-10)11-8-15-12(16-11)2-1-7-14/h3-6,8H,1-2,7,14H2,(H,15,16). The molecule has 84 valence electrons. The van der Waals surface area contributed by atoms with Crippen molar-refractivity contribution in [1.29, 1.82) is 0 Å². The van der Waals surface area contributed by atoms with Gasteiger partial charge in [-0.1, -0.05) is 12.1 Å². The number of hydrogen-bond acceptors (Lipinski definition) is 2. The molecule has 0 bridgehead atoms. The molecule has 0 radical (unpaired) electrons. The molecule has 0 saturated carbocycles. The SMILES string of the molecule is NCCCc1ncc(-c2ccc(I)cc2)[nH]1. The molecule has 16 heavy (non-hydrogen) atoms. The van der Waals surface area contributed by atoms with Gasteiger partial charge in [-0.2, -0.15) is 0 Å². The average Bonchev–Trinajstić information content (AvgIpc) is 2.76. The number of rotatable bonds is 4. The van der Waals surface area contributed by atoms with Crippen LogP contribution in [0.25, 0.3) is 11.3 Å². The fourth-order valence-electron chi connectivity index (χ4n) is 1.54. The summed E-state index contributed by atoms with van der Waals surface area (Å²) in [4.78, 5) is 7.65. The average molecular weight is 327 g/mol. The Labute approximate surface area is 109 Å². The third kappa shape index (κ3) is 2.82. The summed E-state index contributed by atoms with van der Waals surface area (Å²) in [5.41, 5.74) is 7.71. The van der Waals surface area contributed by atoms with Gasteiger partial charge in [0.2, 0.25) is 0 Å². The third-order valence-electron chi connectivity index (χ3n) is 2.40. The van der Waals surface area contributed by atoms with Gasteiger partial charge in [0.05, 0.1) is 11.9 Å². The smallest absolute Gasteiger partial charge is 0.106 e. The molecule has 0 aliphatic carbocycles. The van der Waals surface area contributed by atoms with Crippen molar-refractivity contribution in [2.75, 3.05) is 6.54 Å². The van der Waals surface area contributed by atoms with Gasteiger partial charge < -0.3 is 10.7 Å². The van der Waals surface area contributed by atoms with E-state index in [1.165, 1.54) is 9.13 Å². The molecule has 1 aromatic heterocycles. The molecule has 0 unspecified atom stereocenters. The Kier molecular flexibility index (Phi) is 3.95. The van der Waals surface area contributed by atoms with E-state index in [1.807, 2.05) is 6.20 Å². The Bertz CT molecular complexity index is 448. The first-order valence-corrected chi connectivity index (χ1v) is 6.37. The minimum Gasteiger partial charge on any atom is -0.342 e. The van der Waals surface area contributed by atoms with Crippen LogP contribution < -0.4 is 5.73 Å². The van der Waals surface area contributed by atoms with Gasteiger partial charge in [0.1, 0.15) is 5.82 Å². The summed E-state index contributed by atoms with van der Waals surface area (Å²) in [7, 11) is 0. The highest BCUT2D eigenvalue weighted by Crippen LogP contribution is 2.18. The molecule has 0 aliphatic heterocycles. The molecule has 3 nitrogen and oxygen atoms in total. The topological polar surface area (TPSA) is 54.7 Å². The molecule has 2 aromatic rings. The van der Waals surface area contributed by atoms with Crippen LogP contribution in [0.4, 0.5) is 0 Å². The van der Waals surface area contributed by atoms with Crippen molar-refractivity contribution >= 4 is 22.6 Å². The number of aromatic nitrogens is 2. The number of nitrogens with zero attached hydrogens (tertiary/aromatic N) is 1. The first-order chi connectivity index (χ1) is 7.79. The van der Waals surface area contributed by atoms with E-state index in [0.717, 1.165) is 24.4 Å². The molecular weight excluding hydrogens is 313 g/mol. The first kappa shape index (κ1) is 11.6. The van der Waals surface area contributed by atoms with Gasteiger partial charge in [0, 0.05) is 9.99 Å². The van der Waals surface area contributed by atoms with Gasteiger partial charge >= 0.3 is 0 Å². The monoisotopic (exact) mass is 327 g/mol. The molecule has 0 atom stereocenters. The number of nitrogens with one attached hydrogen (secondary N) is 1. The van der Waals surface area contributed by atoms with Crippen LogP contribution in [0.1, 0.15) is 12.2 Å². The van der Waals surface area contributed by atoms with E-state index in [1.54, 1.807) is 0 Å². The van der Waals surface area contributed by atoms with Crippen molar-refractivity contribution < 1.29 is 0 Å². The molecule has 0 fully saturated rings. The van der Waals surface area contributed by atoms with E-state index in [2.05, 4.69) is 56.8 Å². The molecule has 0 amide bonds. The van der Waals surface area contributed by atoms with Crippen LogP contribution in [-0.2, 0) is 6.42 Å². The van der Waals surface area contributed by atoms with E-state index in [0.29, 0.717) is 6.54 Å². The van der Waals surface area contributed by atoms with Gasteiger partial charge in [-0.25, -0.2) is 4.98 Å². The summed E-state index contributed by atoms with van der Waals surface area (Å²) in [5, 5.41) is 0. The molecule has 3 N–H and O–H groups in total. The Morgan fingerprint density at radius 3 is 2.69 bits per heavy atom. The molecule has 4 heteroatoms. The predicted molar refractivity (Wildman–Crippen MR) is 74.1 cm³/mol. The maximum atomic E-state index is 5.47. The zero-order valence-electron chi connectivity index (χ0n) is 8.91. The first-order valence-electron chi connectivity index (χ1n) is 5.29. The van der Waals surface area contributed by atoms with Crippen LogP contribution >= 0.6 is 22.6 Å². The quantitative estimate of drug-likeness (QED) is 0.848. The summed E-state index contributed by atoms with van der Waals surface area (Å²) >= 11 is 2.30. The predicted octanol–water partition coefficient (Wildman–Crippen LogP) is 2.57. The second kappa shape index (κ2) is 5.45. The van der Waals surface area contributed by atoms with E-state index in [-0.39, 0.29) is 0 Å². The van der Waals surface area contributed by atoms with Crippen LogP contribution in [0, 0.1) is 3.57 Å². The number of halogens is 1. The van der Waals surface area contributed by atoms with E-state index in [9.17, 15) is 0 Å². The molecular formula is C12H14IN3. The molecule has 0 spiro atoms. The van der Waals surface area contributed by atoms with Crippen molar-refractivity contribution in [3.8, 4) is 11.3 Å². The fraction of sp³-hybridized carbons (Fsp3) is 0.250. The minimum atomic E-state index is 0.708. The highest BCUT2D eigenvalue weighted by Gasteiger charge is 2.02. The lowest BCUT2D eigenvalue weighted by molar-refractivity contribution is 0.794. The summed E-state index contributed by atoms with van der Waals surface area (Å²) in [6.07, 6.45) is 3.77. The number of aryl methyl sites for hydroxylation is 1. The molecule has 0 aliphatic rings. The van der Waals surface area contributed by atoms with Gasteiger partial charge in [-0.3, -0.25) is 0 Å². The van der Waals surface area contributed by atoms with Crippen molar-refractivity contribution in [3.63, 3.8) is 0 Å². The summed E-state index contributed by atoms with van der Waals surface area (Å²) in [5.74, 6) is 1.01. The van der Waals surface area contributed by atoms with Crippen LogP contribution in [-0.4, -0.2) is 16.5 Å². The molecule has 1 heterocycles. The number of nitrogens with two attached hydrogens (primary N) is 1. The third-order valence-corrected chi connectivity index (χ3v) is 3.12. The lowest BCUT2D eigenvalue weighted by Crippen LogP contribution is -2.01. The highest BCUT2D eigenvalue weighted by molar-refractivity contribution is 14.1. The Hall–Kier alpha value is -0.880. The van der Waals surface area contributed by atoms with Crippen LogP contribution in [0.15, 0.2) is 30.5 Å². The lowest BCUT2D eigenvalue weighted by atomic mass is 10.2. The van der Waals surface area contributed by atoms with Crippen molar-refractivity contribution in [2.24, 2.45) is 5.73 Å².